The summed E-state index contributed by atoms with van der Waals surface area (Å²) >= 11 is 3.68. The van der Waals surface area contributed by atoms with Gasteiger partial charge in [-0.15, -0.1) is 22.7 Å². The van der Waals surface area contributed by atoms with Gasteiger partial charge in [0.05, 0.1) is 44.1 Å². The van der Waals surface area contributed by atoms with E-state index in [9.17, 15) is 0 Å². The lowest BCUT2D eigenvalue weighted by Gasteiger charge is -2.12. The van der Waals surface area contributed by atoms with E-state index in [2.05, 4.69) is 285 Å². The predicted molar refractivity (Wildman–Crippen MR) is 449 cm³/mol. The molecule has 0 unspecified atom stereocenters. The molecular formula is C96H56N10S2. The number of thiophene rings is 2. The van der Waals surface area contributed by atoms with Gasteiger partial charge in [0.2, 0.25) is 5.95 Å². The third kappa shape index (κ3) is 9.30. The van der Waals surface area contributed by atoms with Crippen molar-refractivity contribution in [1.82, 2.24) is 48.2 Å². The Hall–Kier alpha value is -14.0. The van der Waals surface area contributed by atoms with E-state index in [4.69, 9.17) is 29.9 Å². The third-order valence-corrected chi connectivity index (χ3v) is 23.9. The molecule has 0 saturated heterocycles. The molecule has 0 fully saturated rings. The summed E-state index contributed by atoms with van der Waals surface area (Å²) in [6.45, 7) is 0. The van der Waals surface area contributed by atoms with Crippen LogP contribution in [0, 0.1) is 0 Å². The average Bonchev–Trinajstić information content (AvgIpc) is 1.56. The van der Waals surface area contributed by atoms with E-state index in [1.165, 1.54) is 78.2 Å². The minimum atomic E-state index is 0.554. The molecule has 0 spiro atoms. The second-order valence-electron chi connectivity index (χ2n) is 27.7. The van der Waals surface area contributed by atoms with Crippen LogP contribution in [0.2, 0.25) is 0 Å². The van der Waals surface area contributed by atoms with E-state index >= 15 is 0 Å². The van der Waals surface area contributed by atoms with Crippen molar-refractivity contribution in [2.75, 3.05) is 0 Å². The smallest absolute Gasteiger partial charge is 0.238 e. The molecule has 0 amide bonds. The van der Waals surface area contributed by atoms with Crippen LogP contribution in [0.3, 0.4) is 0 Å². The first-order chi connectivity index (χ1) is 53.5. The van der Waals surface area contributed by atoms with E-state index in [0.717, 1.165) is 105 Å². The Kier molecular flexibility index (Phi) is 13.3. The topological polar surface area (TPSA) is 97.1 Å². The number of para-hydroxylation sites is 3. The fourth-order valence-electron chi connectivity index (χ4n) is 16.9. The van der Waals surface area contributed by atoms with Crippen LogP contribution in [0.1, 0.15) is 0 Å². The molecule has 502 valence electrons. The van der Waals surface area contributed by atoms with Crippen LogP contribution < -0.4 is 0 Å². The largest absolute Gasteiger partial charge is 0.309 e. The van der Waals surface area contributed by atoms with E-state index in [-0.39, 0.29) is 0 Å². The van der Waals surface area contributed by atoms with Gasteiger partial charge in [0.25, 0.3) is 0 Å². The zero-order valence-corrected chi connectivity index (χ0v) is 59.3. The van der Waals surface area contributed by atoms with Gasteiger partial charge >= 0.3 is 0 Å². The summed E-state index contributed by atoms with van der Waals surface area (Å²) in [4.78, 5) is 31.2. The molecule has 10 nitrogen and oxygen atoms in total. The number of benzene rings is 15. The summed E-state index contributed by atoms with van der Waals surface area (Å²) in [7, 11) is 0. The van der Waals surface area contributed by atoms with Gasteiger partial charge < -0.3 is 13.7 Å². The van der Waals surface area contributed by atoms with Crippen molar-refractivity contribution >= 4 is 150 Å². The van der Waals surface area contributed by atoms with Crippen LogP contribution in [0.4, 0.5) is 0 Å². The summed E-state index contributed by atoms with van der Waals surface area (Å²) < 4.78 is 14.5. The zero-order chi connectivity index (χ0) is 70.7. The van der Waals surface area contributed by atoms with Crippen molar-refractivity contribution in [2.24, 2.45) is 0 Å². The number of nitrogens with zero attached hydrogens (tertiary/aromatic N) is 10. The Morgan fingerprint density at radius 3 is 1.28 bits per heavy atom. The molecule has 0 aliphatic carbocycles. The van der Waals surface area contributed by atoms with Crippen molar-refractivity contribution < 1.29 is 0 Å². The molecule has 0 atom stereocenters. The highest BCUT2D eigenvalue weighted by Gasteiger charge is 2.26. The third-order valence-electron chi connectivity index (χ3n) is 21.7. The fraction of sp³-hybridized carbons (Fsp3) is 0. The lowest BCUT2D eigenvalue weighted by molar-refractivity contribution is 0.953. The maximum Gasteiger partial charge on any atom is 0.238 e. The number of aromatic nitrogens is 10. The second kappa shape index (κ2) is 23.7. The molecule has 8 aromatic heterocycles. The lowest BCUT2D eigenvalue weighted by atomic mass is 9.98. The van der Waals surface area contributed by atoms with E-state index in [1.54, 1.807) is 0 Å². The molecule has 108 heavy (non-hydrogen) atoms. The molecule has 0 N–H and O–H groups in total. The Balaban J connectivity index is 0.651. The molecule has 0 radical (unpaired) electrons. The minimum Gasteiger partial charge on any atom is -0.309 e. The highest BCUT2D eigenvalue weighted by atomic mass is 32.1. The van der Waals surface area contributed by atoms with Gasteiger partial charge in [0, 0.05) is 128 Å². The molecule has 15 aromatic carbocycles. The van der Waals surface area contributed by atoms with Crippen LogP contribution in [-0.4, -0.2) is 48.2 Å². The highest BCUT2D eigenvalue weighted by Crippen LogP contribution is 2.48. The first-order valence-corrected chi connectivity index (χ1v) is 37.9. The zero-order valence-electron chi connectivity index (χ0n) is 57.6. The first kappa shape index (κ1) is 60.4. The van der Waals surface area contributed by atoms with Crippen molar-refractivity contribution in [1.29, 1.82) is 0 Å². The van der Waals surface area contributed by atoms with Crippen LogP contribution in [0.25, 0.3) is 219 Å². The number of hydrogen-bond acceptors (Lipinski definition) is 8. The number of fused-ring (bicyclic) bond motifs is 19. The molecular weight excluding hydrogens is 1360 g/mol. The molecule has 0 bridgehead atoms. The van der Waals surface area contributed by atoms with Gasteiger partial charge in [-0.05, 0) is 114 Å². The first-order valence-electron chi connectivity index (χ1n) is 36.2. The minimum absolute atomic E-state index is 0.554. The van der Waals surface area contributed by atoms with Crippen molar-refractivity contribution in [3.8, 4) is 91.1 Å². The molecule has 23 aromatic rings. The quantitative estimate of drug-likeness (QED) is 0.135. The summed E-state index contributed by atoms with van der Waals surface area (Å²) in [5, 5.41) is 14.4. The maximum atomic E-state index is 5.39. The summed E-state index contributed by atoms with van der Waals surface area (Å²) in [6, 6.07) is 122. The summed E-state index contributed by atoms with van der Waals surface area (Å²) in [5.41, 5.74) is 18.9. The summed E-state index contributed by atoms with van der Waals surface area (Å²) in [5.74, 6) is 3.65. The van der Waals surface area contributed by atoms with Gasteiger partial charge in [0.15, 0.2) is 29.1 Å². The lowest BCUT2D eigenvalue weighted by Crippen LogP contribution is -2.06. The molecule has 8 heterocycles. The number of hydrogen-bond donors (Lipinski definition) is 0. The maximum absolute atomic E-state index is 5.39. The van der Waals surface area contributed by atoms with Crippen LogP contribution in [0.5, 0.6) is 0 Å². The SMILES string of the molecule is c1ccc(-c2nc(-c3ccccc3)nc(-c3cccc(-n4c5ccccc5c5c6c(ccc54)sc4cc(-n5c7ccccc7c7cc(-c8cccc9c8c8ccccc8n9-c8ccc9c%10cc%11c(cc%10n(-c%10nc(-c%12ccccc%12)nc(-c%12ccccc%12)n%10)c9c8)sc8ccccc8%11)ccc75)ccc46)c3)n2)cc1. The van der Waals surface area contributed by atoms with E-state index in [1.807, 2.05) is 95.5 Å². The van der Waals surface area contributed by atoms with Crippen molar-refractivity contribution in [2.45, 2.75) is 0 Å². The van der Waals surface area contributed by atoms with Crippen molar-refractivity contribution in [3.05, 3.63) is 340 Å². The van der Waals surface area contributed by atoms with E-state index in [0.29, 0.717) is 35.1 Å². The monoisotopic (exact) mass is 1410 g/mol. The fourth-order valence-corrected chi connectivity index (χ4v) is 19.2. The van der Waals surface area contributed by atoms with Crippen molar-refractivity contribution in [3.63, 3.8) is 0 Å². The Bertz CT molecular complexity index is 7560. The van der Waals surface area contributed by atoms with Crippen LogP contribution in [0.15, 0.2) is 340 Å². The standard InChI is InChI=1S/C96H56N10S2/c1-5-23-57(24-6-1)91-97-92(58-25-7-2-8-26-58)99-95(98-91)62-31-21-32-63(51-62)104-78-40-19-15-36-71(78)89-81(104)49-50-85-90(89)72-47-45-65(54-86(72)108-85)103-76-38-17-13-33-67(76)73-52-61(43-48-79(73)103)66-37-22-41-80-88(66)70-35-14-18-39-77(70)105(80)64-44-46-68-74-55-75-69-34-16-20-42-84(69)107-87(75)56-83(74)106(82(68)53-64)96-101-93(59-27-9-3-10-28-59)100-94(102-96)60-29-11-4-12-30-60/h1-56H. The molecule has 12 heteroatoms. The average molecular weight is 1410 g/mol. The normalized spacial score (nSPS) is 12.1. The van der Waals surface area contributed by atoms with Crippen LogP contribution >= 0.6 is 22.7 Å². The Morgan fingerprint density at radius 2 is 0.620 bits per heavy atom. The highest BCUT2D eigenvalue weighted by molar-refractivity contribution is 7.26. The van der Waals surface area contributed by atoms with E-state index < -0.39 is 0 Å². The Morgan fingerprint density at radius 1 is 0.185 bits per heavy atom. The molecule has 0 aliphatic heterocycles. The molecule has 0 saturated carbocycles. The summed E-state index contributed by atoms with van der Waals surface area (Å²) in [6.07, 6.45) is 0. The van der Waals surface area contributed by atoms with Gasteiger partial charge in [-0.3, -0.25) is 4.57 Å². The Labute approximate surface area is 624 Å². The van der Waals surface area contributed by atoms with Gasteiger partial charge in [0.1, 0.15) is 0 Å². The van der Waals surface area contributed by atoms with Gasteiger partial charge in [-0.25, -0.2) is 19.9 Å². The number of rotatable bonds is 10. The molecule has 23 rings (SSSR count). The second-order valence-corrected chi connectivity index (χ2v) is 29.9. The molecule has 0 aliphatic rings. The van der Waals surface area contributed by atoms with Crippen LogP contribution in [-0.2, 0) is 0 Å². The van der Waals surface area contributed by atoms with Gasteiger partial charge in [-0.2, -0.15) is 9.97 Å². The predicted octanol–water partition coefficient (Wildman–Crippen LogP) is 25.2. The van der Waals surface area contributed by atoms with Gasteiger partial charge in [-0.1, -0.05) is 237 Å².